The van der Waals surface area contributed by atoms with Crippen LogP contribution in [0.25, 0.3) is 0 Å². The molecule has 108 valence electrons. The summed E-state index contributed by atoms with van der Waals surface area (Å²) in [5.74, 6) is 0. The van der Waals surface area contributed by atoms with Crippen molar-refractivity contribution in [1.29, 1.82) is 0 Å². The van der Waals surface area contributed by atoms with Gasteiger partial charge in [0.15, 0.2) is 0 Å². The molecule has 1 heterocycles. The molecule has 0 unspecified atom stereocenters. The van der Waals surface area contributed by atoms with Crippen LogP contribution in [0.15, 0.2) is 0 Å². The average Bonchev–Trinajstić information content (AvgIpc) is 2.32. The van der Waals surface area contributed by atoms with E-state index in [9.17, 15) is 0 Å². The third-order valence-corrected chi connectivity index (χ3v) is 4.35. The summed E-state index contributed by atoms with van der Waals surface area (Å²) in [4.78, 5) is 5.17. The third kappa shape index (κ3) is 6.75. The zero-order valence-electron chi connectivity index (χ0n) is 13.2. The Hall–Kier alpha value is -0.0800. The molecule has 0 aliphatic carbocycles. The van der Waals surface area contributed by atoms with E-state index in [2.05, 4.69) is 37.6 Å². The maximum Gasteiger partial charge on any atom is 0.0122 e. The lowest BCUT2D eigenvalue weighted by molar-refractivity contribution is 0.143. The minimum atomic E-state index is 0.303. The lowest BCUT2D eigenvalue weighted by Gasteiger charge is -2.34. The highest BCUT2D eigenvalue weighted by Crippen LogP contribution is 2.13. The van der Waals surface area contributed by atoms with Crippen molar-refractivity contribution >= 4 is 0 Å². The zero-order valence-corrected chi connectivity index (χ0v) is 13.2. The first-order valence-electron chi connectivity index (χ1n) is 7.94. The molecule has 0 aromatic heterocycles. The predicted molar refractivity (Wildman–Crippen MR) is 81.1 cm³/mol. The average molecular weight is 254 g/mol. The third-order valence-electron chi connectivity index (χ3n) is 4.35. The summed E-state index contributed by atoms with van der Waals surface area (Å²) in [6.45, 7) is 12.0. The van der Waals surface area contributed by atoms with Gasteiger partial charge in [0.05, 0.1) is 0 Å². The van der Waals surface area contributed by atoms with E-state index in [4.69, 9.17) is 0 Å². The molecule has 1 rings (SSSR count). The molecular formula is C16H34N2. The molecule has 2 nitrogen and oxygen atoms in total. The fraction of sp³-hybridized carbons (Fsp3) is 1.00. The first kappa shape index (κ1) is 16.0. The molecule has 0 atom stereocenters. The molecule has 0 N–H and O–H groups in total. The van der Waals surface area contributed by atoms with E-state index in [0.717, 1.165) is 0 Å². The second kappa shape index (κ2) is 8.16. The maximum atomic E-state index is 2.69. The second-order valence-electron chi connectivity index (χ2n) is 6.91. The molecule has 0 spiro atoms. The summed E-state index contributed by atoms with van der Waals surface area (Å²) < 4.78 is 0. The van der Waals surface area contributed by atoms with Crippen LogP contribution in [0.2, 0.25) is 0 Å². The Labute approximate surface area is 115 Å². The first-order chi connectivity index (χ1) is 8.50. The predicted octanol–water partition coefficient (Wildman–Crippen LogP) is 3.76. The van der Waals surface area contributed by atoms with Crippen LogP contribution in [-0.4, -0.2) is 48.6 Å². The van der Waals surface area contributed by atoms with Crippen LogP contribution < -0.4 is 0 Å². The molecule has 0 aromatic rings. The Morgan fingerprint density at radius 1 is 0.833 bits per heavy atom. The van der Waals surface area contributed by atoms with Gasteiger partial charge in [0.2, 0.25) is 0 Å². The highest BCUT2D eigenvalue weighted by molar-refractivity contribution is 4.74. The van der Waals surface area contributed by atoms with Crippen LogP contribution in [0.3, 0.4) is 0 Å². The highest BCUT2D eigenvalue weighted by Gasteiger charge is 2.17. The Kier molecular flexibility index (Phi) is 7.25. The molecule has 1 aliphatic heterocycles. The molecule has 1 saturated heterocycles. The molecule has 0 aromatic carbocycles. The summed E-state index contributed by atoms with van der Waals surface area (Å²) in [6.07, 6.45) is 10.0. The van der Waals surface area contributed by atoms with Crippen molar-refractivity contribution in [2.75, 3.05) is 33.2 Å². The normalized spacial score (nSPS) is 21.2. The largest absolute Gasteiger partial charge is 0.302 e. The van der Waals surface area contributed by atoms with E-state index in [1.165, 1.54) is 71.1 Å². The van der Waals surface area contributed by atoms with Crippen LogP contribution in [0.5, 0.6) is 0 Å². The second-order valence-corrected chi connectivity index (χ2v) is 6.91. The van der Waals surface area contributed by atoms with Crippen LogP contribution in [0.1, 0.15) is 65.7 Å². The van der Waals surface area contributed by atoms with Gasteiger partial charge in [-0.2, -0.15) is 0 Å². The van der Waals surface area contributed by atoms with E-state index in [-0.39, 0.29) is 0 Å². The van der Waals surface area contributed by atoms with Gasteiger partial charge in [0, 0.05) is 18.6 Å². The fourth-order valence-corrected chi connectivity index (χ4v) is 2.52. The van der Waals surface area contributed by atoms with Crippen molar-refractivity contribution < 1.29 is 0 Å². The number of hydrogen-bond donors (Lipinski definition) is 0. The Morgan fingerprint density at radius 2 is 1.28 bits per heavy atom. The monoisotopic (exact) mass is 254 g/mol. The molecule has 1 fully saturated rings. The van der Waals surface area contributed by atoms with Crippen molar-refractivity contribution in [3.8, 4) is 0 Å². The van der Waals surface area contributed by atoms with Crippen LogP contribution in [0.4, 0.5) is 0 Å². The minimum absolute atomic E-state index is 0.303. The van der Waals surface area contributed by atoms with Gasteiger partial charge >= 0.3 is 0 Å². The number of likely N-dealkylation sites (N-methyl/N-ethyl adjacent to an activating group) is 1. The van der Waals surface area contributed by atoms with Crippen molar-refractivity contribution in [3.05, 3.63) is 0 Å². The summed E-state index contributed by atoms with van der Waals surface area (Å²) >= 11 is 0. The van der Waals surface area contributed by atoms with Gasteiger partial charge in [-0.1, -0.05) is 32.1 Å². The molecule has 0 amide bonds. The molecule has 0 radical (unpaired) electrons. The van der Waals surface area contributed by atoms with E-state index in [0.29, 0.717) is 5.54 Å². The van der Waals surface area contributed by atoms with Crippen LogP contribution in [-0.2, 0) is 0 Å². The SMILES string of the molecule is CN(CCN1CCCCCCCCC1)C(C)(C)C. The quantitative estimate of drug-likeness (QED) is 0.756. The van der Waals surface area contributed by atoms with Gasteiger partial charge in [0.1, 0.15) is 0 Å². The van der Waals surface area contributed by atoms with Crippen molar-refractivity contribution in [2.45, 2.75) is 71.3 Å². The van der Waals surface area contributed by atoms with E-state index in [1.807, 2.05) is 0 Å². The van der Waals surface area contributed by atoms with Crippen LogP contribution >= 0.6 is 0 Å². The first-order valence-corrected chi connectivity index (χ1v) is 7.94. The topological polar surface area (TPSA) is 6.48 Å². The number of hydrogen-bond acceptors (Lipinski definition) is 2. The summed E-state index contributed by atoms with van der Waals surface area (Å²) in [7, 11) is 2.25. The lowest BCUT2D eigenvalue weighted by Crippen LogP contribution is -2.43. The van der Waals surface area contributed by atoms with Gasteiger partial charge in [-0.25, -0.2) is 0 Å². The van der Waals surface area contributed by atoms with Gasteiger partial charge in [-0.05, 0) is 53.8 Å². The van der Waals surface area contributed by atoms with Gasteiger partial charge in [0.25, 0.3) is 0 Å². The zero-order chi connectivity index (χ0) is 13.4. The van der Waals surface area contributed by atoms with Crippen LogP contribution in [0, 0.1) is 0 Å². The van der Waals surface area contributed by atoms with Gasteiger partial charge in [-0.3, -0.25) is 0 Å². The van der Waals surface area contributed by atoms with Crippen molar-refractivity contribution in [2.24, 2.45) is 0 Å². The Morgan fingerprint density at radius 3 is 1.72 bits per heavy atom. The Bertz CT molecular complexity index is 198. The Balaban J connectivity index is 2.28. The summed E-state index contributed by atoms with van der Waals surface area (Å²) in [5.41, 5.74) is 0.303. The van der Waals surface area contributed by atoms with E-state index >= 15 is 0 Å². The molecule has 2 heteroatoms. The molecular weight excluding hydrogens is 220 g/mol. The van der Waals surface area contributed by atoms with Gasteiger partial charge in [-0.15, -0.1) is 0 Å². The molecule has 0 saturated carbocycles. The maximum absolute atomic E-state index is 2.69. The smallest absolute Gasteiger partial charge is 0.0122 e. The fourth-order valence-electron chi connectivity index (χ4n) is 2.52. The van der Waals surface area contributed by atoms with E-state index < -0.39 is 0 Å². The minimum Gasteiger partial charge on any atom is -0.302 e. The molecule has 0 bridgehead atoms. The van der Waals surface area contributed by atoms with Gasteiger partial charge < -0.3 is 9.80 Å². The number of nitrogens with zero attached hydrogens (tertiary/aromatic N) is 2. The van der Waals surface area contributed by atoms with E-state index in [1.54, 1.807) is 0 Å². The van der Waals surface area contributed by atoms with Crippen molar-refractivity contribution in [1.82, 2.24) is 9.80 Å². The molecule has 1 aliphatic rings. The van der Waals surface area contributed by atoms with Crippen molar-refractivity contribution in [3.63, 3.8) is 0 Å². The lowest BCUT2D eigenvalue weighted by atomic mass is 10.1. The molecule has 18 heavy (non-hydrogen) atoms. The highest BCUT2D eigenvalue weighted by atomic mass is 15.2. The number of rotatable bonds is 3. The standard InChI is InChI=1S/C16H34N2/c1-16(2,3)17(4)14-15-18-12-10-8-6-5-7-9-11-13-18/h5-15H2,1-4H3. The summed E-state index contributed by atoms with van der Waals surface area (Å²) in [5, 5.41) is 0. The summed E-state index contributed by atoms with van der Waals surface area (Å²) in [6, 6.07) is 0.